The Labute approximate surface area is 178 Å². The molecule has 7 nitrogen and oxygen atoms in total. The summed E-state index contributed by atoms with van der Waals surface area (Å²) in [5.74, 6) is 0.971. The van der Waals surface area contributed by atoms with Crippen LogP contribution in [0.1, 0.15) is 21.8 Å². The van der Waals surface area contributed by atoms with Gasteiger partial charge in [0.05, 0.1) is 12.0 Å². The molecule has 4 heterocycles. The molecule has 0 bridgehead atoms. The van der Waals surface area contributed by atoms with Crippen LogP contribution in [0.25, 0.3) is 16.9 Å². The van der Waals surface area contributed by atoms with Crippen LogP contribution < -0.4 is 4.90 Å². The van der Waals surface area contributed by atoms with Gasteiger partial charge in [0.2, 0.25) is 0 Å². The van der Waals surface area contributed by atoms with E-state index < -0.39 is 0 Å². The van der Waals surface area contributed by atoms with Crippen molar-refractivity contribution in [3.63, 3.8) is 0 Å². The monoisotopic (exact) mass is 419 g/mol. The maximum Gasteiger partial charge on any atom is 0.289 e. The Balaban J connectivity index is 1.46. The molecule has 0 unspecified atom stereocenters. The fourth-order valence-electron chi connectivity index (χ4n) is 3.99. The van der Waals surface area contributed by atoms with Crippen LogP contribution in [-0.2, 0) is 0 Å². The lowest BCUT2D eigenvalue weighted by atomic mass is 10.1. The summed E-state index contributed by atoms with van der Waals surface area (Å²) in [6, 6.07) is 11.6. The van der Waals surface area contributed by atoms with E-state index >= 15 is 0 Å². The summed E-state index contributed by atoms with van der Waals surface area (Å²) in [6.07, 6.45) is 1.51. The molecule has 3 aromatic heterocycles. The Morgan fingerprint density at radius 2 is 1.81 bits per heavy atom. The molecule has 1 aliphatic rings. The Bertz CT molecular complexity index is 1240. The van der Waals surface area contributed by atoms with Crippen molar-refractivity contribution in [2.75, 3.05) is 31.1 Å². The average Bonchev–Trinajstić information content (AvgIpc) is 3.45. The van der Waals surface area contributed by atoms with Crippen molar-refractivity contribution >= 4 is 17.4 Å². The first-order chi connectivity index (χ1) is 15.0. The summed E-state index contributed by atoms with van der Waals surface area (Å²) >= 11 is 0. The van der Waals surface area contributed by atoms with E-state index in [9.17, 15) is 9.18 Å². The molecule has 1 fully saturated rings. The first-order valence-electron chi connectivity index (χ1n) is 10.2. The molecule has 31 heavy (non-hydrogen) atoms. The molecule has 0 aliphatic carbocycles. The number of halogens is 1. The van der Waals surface area contributed by atoms with Crippen LogP contribution in [0.5, 0.6) is 0 Å². The van der Waals surface area contributed by atoms with E-state index in [4.69, 9.17) is 14.5 Å². The van der Waals surface area contributed by atoms with Crippen LogP contribution in [0.2, 0.25) is 0 Å². The number of rotatable bonds is 3. The zero-order valence-electron chi connectivity index (χ0n) is 17.4. The Morgan fingerprint density at radius 3 is 2.48 bits per heavy atom. The number of hydrogen-bond donors (Lipinski definition) is 0. The number of amides is 1. The van der Waals surface area contributed by atoms with Gasteiger partial charge < -0.3 is 14.2 Å². The van der Waals surface area contributed by atoms with Gasteiger partial charge in [0.1, 0.15) is 11.6 Å². The maximum absolute atomic E-state index is 13.3. The van der Waals surface area contributed by atoms with Crippen molar-refractivity contribution in [2.24, 2.45) is 0 Å². The molecule has 4 aromatic rings. The van der Waals surface area contributed by atoms with Crippen LogP contribution in [0.3, 0.4) is 0 Å². The Hall–Kier alpha value is -3.68. The third-order valence-corrected chi connectivity index (χ3v) is 5.79. The SMILES string of the molecule is Cc1nc2cc(-c3ccc(F)cc3)nn2c(N2CCN(C(=O)c3ccco3)CC2)c1C. The van der Waals surface area contributed by atoms with E-state index in [0.29, 0.717) is 31.9 Å². The molecule has 0 atom stereocenters. The number of hydrogen-bond acceptors (Lipinski definition) is 5. The van der Waals surface area contributed by atoms with E-state index in [2.05, 4.69) is 4.90 Å². The van der Waals surface area contributed by atoms with Crippen LogP contribution in [0, 0.1) is 19.7 Å². The summed E-state index contributed by atoms with van der Waals surface area (Å²) < 4.78 is 20.4. The molecule has 1 aliphatic heterocycles. The first-order valence-corrected chi connectivity index (χ1v) is 10.2. The standard InChI is InChI=1S/C23H22FN5O2/c1-15-16(2)25-21-14-19(17-5-7-18(24)8-6-17)26-29(21)22(15)27-9-11-28(12-10-27)23(30)20-4-3-13-31-20/h3-8,13-14H,9-12H2,1-2H3. The van der Waals surface area contributed by atoms with Crippen LogP contribution >= 0.6 is 0 Å². The number of carbonyl (C=O) groups is 1. The highest BCUT2D eigenvalue weighted by molar-refractivity contribution is 5.91. The van der Waals surface area contributed by atoms with Crippen LogP contribution in [-0.4, -0.2) is 51.6 Å². The van der Waals surface area contributed by atoms with E-state index in [1.165, 1.54) is 18.4 Å². The number of piperazine rings is 1. The van der Waals surface area contributed by atoms with Gasteiger partial charge in [0.25, 0.3) is 5.91 Å². The highest BCUT2D eigenvalue weighted by atomic mass is 19.1. The first kappa shape index (κ1) is 19.3. The smallest absolute Gasteiger partial charge is 0.289 e. The quantitative estimate of drug-likeness (QED) is 0.507. The van der Waals surface area contributed by atoms with E-state index in [-0.39, 0.29) is 11.7 Å². The lowest BCUT2D eigenvalue weighted by Gasteiger charge is -2.36. The number of carbonyl (C=O) groups excluding carboxylic acids is 1. The van der Waals surface area contributed by atoms with Gasteiger partial charge in [0.15, 0.2) is 11.4 Å². The summed E-state index contributed by atoms with van der Waals surface area (Å²) in [5, 5.41) is 4.78. The van der Waals surface area contributed by atoms with Crippen molar-refractivity contribution in [2.45, 2.75) is 13.8 Å². The molecule has 1 aromatic carbocycles. The van der Waals surface area contributed by atoms with Crippen molar-refractivity contribution in [3.05, 3.63) is 71.6 Å². The van der Waals surface area contributed by atoms with E-state index in [1.807, 2.05) is 29.3 Å². The summed E-state index contributed by atoms with van der Waals surface area (Å²) in [7, 11) is 0. The summed E-state index contributed by atoms with van der Waals surface area (Å²) in [4.78, 5) is 21.3. The lowest BCUT2D eigenvalue weighted by molar-refractivity contribution is 0.0714. The highest BCUT2D eigenvalue weighted by Crippen LogP contribution is 2.28. The third-order valence-electron chi connectivity index (χ3n) is 5.79. The van der Waals surface area contributed by atoms with Crippen molar-refractivity contribution in [3.8, 4) is 11.3 Å². The van der Waals surface area contributed by atoms with Crippen LogP contribution in [0.4, 0.5) is 10.2 Å². The predicted octanol–water partition coefficient (Wildman–Crippen LogP) is 3.71. The minimum Gasteiger partial charge on any atom is -0.459 e. The number of aromatic nitrogens is 3. The molecule has 5 rings (SSSR count). The minimum atomic E-state index is -0.278. The van der Waals surface area contributed by atoms with Crippen molar-refractivity contribution in [1.29, 1.82) is 0 Å². The molecular weight excluding hydrogens is 397 g/mol. The normalized spacial score (nSPS) is 14.4. The second-order valence-electron chi connectivity index (χ2n) is 7.71. The second-order valence-corrected chi connectivity index (χ2v) is 7.71. The number of nitrogens with zero attached hydrogens (tertiary/aromatic N) is 5. The molecule has 0 spiro atoms. The minimum absolute atomic E-state index is 0.0879. The molecule has 1 saturated heterocycles. The van der Waals surface area contributed by atoms with Crippen molar-refractivity contribution in [1.82, 2.24) is 19.5 Å². The Morgan fingerprint density at radius 1 is 1.06 bits per heavy atom. The number of fused-ring (bicyclic) bond motifs is 1. The number of benzene rings is 1. The van der Waals surface area contributed by atoms with Gasteiger partial charge in [-0.05, 0) is 50.2 Å². The van der Waals surface area contributed by atoms with Gasteiger partial charge in [-0.3, -0.25) is 4.79 Å². The largest absolute Gasteiger partial charge is 0.459 e. The highest BCUT2D eigenvalue weighted by Gasteiger charge is 2.26. The van der Waals surface area contributed by atoms with Gasteiger partial charge in [-0.15, -0.1) is 0 Å². The van der Waals surface area contributed by atoms with E-state index in [1.54, 1.807) is 24.3 Å². The van der Waals surface area contributed by atoms with Gasteiger partial charge in [-0.25, -0.2) is 9.37 Å². The molecule has 158 valence electrons. The molecular formula is C23H22FN5O2. The van der Waals surface area contributed by atoms with Gasteiger partial charge in [-0.1, -0.05) is 0 Å². The number of aryl methyl sites for hydroxylation is 1. The zero-order chi connectivity index (χ0) is 21.5. The summed E-state index contributed by atoms with van der Waals surface area (Å²) in [5.41, 5.74) is 4.30. The van der Waals surface area contributed by atoms with Gasteiger partial charge in [0, 0.05) is 49.1 Å². The van der Waals surface area contributed by atoms with Gasteiger partial charge in [-0.2, -0.15) is 9.61 Å². The fourth-order valence-corrected chi connectivity index (χ4v) is 3.99. The topological polar surface area (TPSA) is 66.9 Å². The molecule has 0 radical (unpaired) electrons. The van der Waals surface area contributed by atoms with Gasteiger partial charge >= 0.3 is 0 Å². The Kier molecular flexibility index (Phi) is 4.69. The fraction of sp³-hybridized carbons (Fsp3) is 0.261. The zero-order valence-corrected chi connectivity index (χ0v) is 17.4. The average molecular weight is 419 g/mol. The number of furan rings is 1. The number of anilines is 1. The maximum atomic E-state index is 13.3. The summed E-state index contributed by atoms with van der Waals surface area (Å²) in [6.45, 7) is 6.56. The second kappa shape index (κ2) is 7.54. The molecule has 8 heteroatoms. The predicted molar refractivity (Wildman–Crippen MR) is 115 cm³/mol. The molecule has 0 saturated carbocycles. The van der Waals surface area contributed by atoms with E-state index in [0.717, 1.165) is 34.0 Å². The molecule has 1 amide bonds. The van der Waals surface area contributed by atoms with Crippen molar-refractivity contribution < 1.29 is 13.6 Å². The lowest BCUT2D eigenvalue weighted by Crippen LogP contribution is -2.49. The molecule has 0 N–H and O–H groups in total. The van der Waals surface area contributed by atoms with Crippen LogP contribution in [0.15, 0.2) is 53.1 Å². The third kappa shape index (κ3) is 3.43.